The Bertz CT molecular complexity index is 427. The molecule has 1 amide bonds. The predicted octanol–water partition coefficient (Wildman–Crippen LogP) is 4.00. The topological polar surface area (TPSA) is 50.8 Å². The average molecular weight is 359 g/mol. The van der Waals surface area contributed by atoms with Gasteiger partial charge in [0, 0.05) is 25.2 Å². The highest BCUT2D eigenvalue weighted by Crippen LogP contribution is 2.36. The molecule has 1 heterocycles. The molecule has 142 valence electrons. The molecular formula is C18H38N2O3Si. The Hall–Kier alpha value is -0.593. The molecule has 0 spiro atoms. The van der Waals surface area contributed by atoms with Crippen molar-refractivity contribution in [2.24, 2.45) is 0 Å². The van der Waals surface area contributed by atoms with E-state index in [-0.39, 0.29) is 23.2 Å². The fraction of sp³-hybridized carbons (Fsp3) is 0.944. The van der Waals surface area contributed by atoms with E-state index in [0.29, 0.717) is 13.2 Å². The van der Waals surface area contributed by atoms with E-state index >= 15 is 0 Å². The second kappa shape index (κ2) is 7.75. The normalized spacial score (nSPS) is 23.3. The van der Waals surface area contributed by atoms with Crippen molar-refractivity contribution >= 4 is 14.4 Å². The van der Waals surface area contributed by atoms with Crippen molar-refractivity contribution in [3.63, 3.8) is 0 Å². The Kier molecular flexibility index (Phi) is 6.92. The molecule has 1 saturated heterocycles. The van der Waals surface area contributed by atoms with Crippen molar-refractivity contribution in [2.45, 2.75) is 90.7 Å². The molecule has 0 unspecified atom stereocenters. The van der Waals surface area contributed by atoms with Gasteiger partial charge in [0.05, 0.1) is 6.61 Å². The van der Waals surface area contributed by atoms with Crippen LogP contribution in [-0.4, -0.2) is 56.7 Å². The van der Waals surface area contributed by atoms with Crippen LogP contribution in [0.4, 0.5) is 4.79 Å². The van der Waals surface area contributed by atoms with Gasteiger partial charge in [0.25, 0.3) is 0 Å². The van der Waals surface area contributed by atoms with Crippen molar-refractivity contribution in [1.82, 2.24) is 10.2 Å². The molecule has 1 rings (SSSR count). The second-order valence-corrected chi connectivity index (χ2v) is 14.2. The SMILES string of the molecule is CC[C@H]1CN[C@@H](CO[Si](C)(C)C(C)(C)C)CN1C(=O)OC(C)(C)C. The molecule has 0 saturated carbocycles. The third kappa shape index (κ3) is 6.04. The van der Waals surface area contributed by atoms with E-state index in [1.165, 1.54) is 0 Å². The fourth-order valence-electron chi connectivity index (χ4n) is 2.41. The Labute approximate surface area is 149 Å². The maximum absolute atomic E-state index is 12.5. The van der Waals surface area contributed by atoms with Gasteiger partial charge in [0.1, 0.15) is 5.60 Å². The summed E-state index contributed by atoms with van der Waals surface area (Å²) >= 11 is 0. The molecule has 24 heavy (non-hydrogen) atoms. The summed E-state index contributed by atoms with van der Waals surface area (Å²) in [5, 5.41) is 3.73. The minimum absolute atomic E-state index is 0.162. The zero-order valence-electron chi connectivity index (χ0n) is 17.2. The number of hydrogen-bond acceptors (Lipinski definition) is 4. The molecule has 1 N–H and O–H groups in total. The molecule has 1 fully saturated rings. The highest BCUT2D eigenvalue weighted by molar-refractivity contribution is 6.74. The highest BCUT2D eigenvalue weighted by Gasteiger charge is 2.39. The second-order valence-electron chi connectivity index (χ2n) is 9.37. The summed E-state index contributed by atoms with van der Waals surface area (Å²) in [6.07, 6.45) is 0.704. The van der Waals surface area contributed by atoms with Crippen LogP contribution in [0.15, 0.2) is 0 Å². The molecule has 5 nitrogen and oxygen atoms in total. The first kappa shape index (κ1) is 21.4. The number of nitrogens with one attached hydrogen (secondary N) is 1. The van der Waals surface area contributed by atoms with Crippen LogP contribution in [0.1, 0.15) is 54.9 Å². The number of hydrogen-bond donors (Lipinski definition) is 1. The summed E-state index contributed by atoms with van der Waals surface area (Å²) < 4.78 is 11.9. The predicted molar refractivity (Wildman–Crippen MR) is 102 cm³/mol. The van der Waals surface area contributed by atoms with E-state index in [4.69, 9.17) is 9.16 Å². The summed E-state index contributed by atoms with van der Waals surface area (Å²) in [5.74, 6) is 0. The molecule has 0 radical (unpaired) electrons. The standard InChI is InChI=1S/C18H38N2O3Si/c1-10-15-11-19-14(13-22-24(8,9)18(5,6)7)12-20(15)16(21)23-17(2,3)4/h14-15,19H,10-13H2,1-9H3/t14-,15+/m1/s1. The molecule has 2 atom stereocenters. The third-order valence-corrected chi connectivity index (χ3v) is 9.55. The zero-order valence-corrected chi connectivity index (χ0v) is 18.2. The Balaban J connectivity index is 2.69. The number of carbonyl (C=O) groups is 1. The number of piperazine rings is 1. The van der Waals surface area contributed by atoms with Gasteiger partial charge in [-0.1, -0.05) is 27.7 Å². The van der Waals surface area contributed by atoms with Gasteiger partial charge in [-0.25, -0.2) is 4.79 Å². The summed E-state index contributed by atoms with van der Waals surface area (Å²) in [7, 11) is -1.78. The molecule has 0 aliphatic carbocycles. The first-order valence-electron chi connectivity index (χ1n) is 9.14. The largest absolute Gasteiger partial charge is 0.444 e. The molecule has 0 aromatic rings. The van der Waals surface area contributed by atoms with Crippen LogP contribution in [0.5, 0.6) is 0 Å². The molecule has 1 aliphatic rings. The number of ether oxygens (including phenoxy) is 1. The van der Waals surface area contributed by atoms with E-state index in [1.54, 1.807) is 0 Å². The van der Waals surface area contributed by atoms with E-state index < -0.39 is 13.9 Å². The quantitative estimate of drug-likeness (QED) is 0.772. The lowest BCUT2D eigenvalue weighted by Gasteiger charge is -2.42. The molecule has 0 aromatic carbocycles. The average Bonchev–Trinajstić information content (AvgIpc) is 2.41. The van der Waals surface area contributed by atoms with Crippen molar-refractivity contribution in [1.29, 1.82) is 0 Å². The van der Waals surface area contributed by atoms with E-state index in [2.05, 4.69) is 46.1 Å². The van der Waals surface area contributed by atoms with Gasteiger partial charge in [-0.05, 0) is 45.3 Å². The van der Waals surface area contributed by atoms with Gasteiger partial charge >= 0.3 is 6.09 Å². The molecule has 1 aliphatic heterocycles. The van der Waals surface area contributed by atoms with Crippen LogP contribution in [0.25, 0.3) is 0 Å². The number of carbonyl (C=O) groups excluding carboxylic acids is 1. The number of rotatable bonds is 4. The summed E-state index contributed by atoms with van der Waals surface area (Å²) in [4.78, 5) is 14.4. The van der Waals surface area contributed by atoms with Gasteiger partial charge < -0.3 is 19.4 Å². The molecular weight excluding hydrogens is 320 g/mol. The maximum atomic E-state index is 12.5. The van der Waals surface area contributed by atoms with Crippen molar-refractivity contribution < 1.29 is 14.0 Å². The van der Waals surface area contributed by atoms with Crippen molar-refractivity contribution in [2.75, 3.05) is 19.7 Å². The monoisotopic (exact) mass is 358 g/mol. The third-order valence-electron chi connectivity index (χ3n) is 5.05. The molecule has 0 aromatic heterocycles. The van der Waals surface area contributed by atoms with E-state index in [0.717, 1.165) is 13.0 Å². The lowest BCUT2D eigenvalue weighted by molar-refractivity contribution is 0.00438. The fourth-order valence-corrected chi connectivity index (χ4v) is 3.46. The van der Waals surface area contributed by atoms with E-state index in [9.17, 15) is 4.79 Å². The summed E-state index contributed by atoms with van der Waals surface area (Å²) in [5.41, 5.74) is -0.465. The van der Waals surface area contributed by atoms with Gasteiger partial charge in [-0.15, -0.1) is 0 Å². The van der Waals surface area contributed by atoms with Gasteiger partial charge in [-0.2, -0.15) is 0 Å². The number of nitrogens with zero attached hydrogens (tertiary/aromatic N) is 1. The first-order valence-corrected chi connectivity index (χ1v) is 12.0. The van der Waals surface area contributed by atoms with Crippen molar-refractivity contribution in [3.05, 3.63) is 0 Å². The van der Waals surface area contributed by atoms with Crippen LogP contribution >= 0.6 is 0 Å². The molecule has 0 bridgehead atoms. The summed E-state index contributed by atoms with van der Waals surface area (Å²) in [6, 6.07) is 0.346. The lowest BCUT2D eigenvalue weighted by atomic mass is 10.1. The Morgan fingerprint density at radius 2 is 1.79 bits per heavy atom. The Morgan fingerprint density at radius 1 is 1.21 bits per heavy atom. The first-order chi connectivity index (χ1) is 10.8. The van der Waals surface area contributed by atoms with Crippen molar-refractivity contribution in [3.8, 4) is 0 Å². The van der Waals surface area contributed by atoms with Crippen LogP contribution < -0.4 is 5.32 Å². The number of amides is 1. The van der Waals surface area contributed by atoms with Gasteiger partial charge in [-0.3, -0.25) is 0 Å². The maximum Gasteiger partial charge on any atom is 0.410 e. The van der Waals surface area contributed by atoms with Crippen LogP contribution in [-0.2, 0) is 9.16 Å². The van der Waals surface area contributed by atoms with Gasteiger partial charge in [0.2, 0.25) is 0 Å². The van der Waals surface area contributed by atoms with E-state index in [1.807, 2.05) is 25.7 Å². The van der Waals surface area contributed by atoms with Gasteiger partial charge in [0.15, 0.2) is 8.32 Å². The van der Waals surface area contributed by atoms with Crippen LogP contribution in [0.3, 0.4) is 0 Å². The van der Waals surface area contributed by atoms with Crippen LogP contribution in [0, 0.1) is 0 Å². The minimum atomic E-state index is -1.78. The lowest BCUT2D eigenvalue weighted by Crippen LogP contribution is -2.60. The summed E-state index contributed by atoms with van der Waals surface area (Å²) in [6.45, 7) is 21.2. The smallest absolute Gasteiger partial charge is 0.410 e. The Morgan fingerprint density at radius 3 is 2.25 bits per heavy atom. The molecule has 6 heteroatoms. The van der Waals surface area contributed by atoms with Crippen LogP contribution in [0.2, 0.25) is 18.1 Å². The highest BCUT2D eigenvalue weighted by atomic mass is 28.4. The minimum Gasteiger partial charge on any atom is -0.444 e. The zero-order chi connectivity index (χ0) is 18.8.